The molecule has 0 aromatic carbocycles. The SMILES string of the molecule is CCCCCCCCN1CC(CS(=O)(=O)Cl)CC1=O. The van der Waals surface area contributed by atoms with Gasteiger partial charge in [0.1, 0.15) is 0 Å². The molecule has 0 radical (unpaired) electrons. The molecule has 1 aliphatic rings. The minimum Gasteiger partial charge on any atom is -0.342 e. The number of halogens is 1. The third-order valence-corrected chi connectivity index (χ3v) is 4.76. The quantitative estimate of drug-likeness (QED) is 0.486. The Balaban J connectivity index is 2.19. The lowest BCUT2D eigenvalue weighted by Crippen LogP contribution is -2.27. The zero-order valence-corrected chi connectivity index (χ0v) is 13.2. The molecule has 0 saturated carbocycles. The molecule has 4 nitrogen and oxygen atoms in total. The molecule has 1 heterocycles. The van der Waals surface area contributed by atoms with Crippen LogP contribution in [-0.4, -0.2) is 38.1 Å². The zero-order valence-electron chi connectivity index (χ0n) is 11.6. The van der Waals surface area contributed by atoms with Gasteiger partial charge < -0.3 is 4.90 Å². The Kier molecular flexibility index (Phi) is 7.15. The molecule has 1 atom stereocenters. The molecule has 112 valence electrons. The van der Waals surface area contributed by atoms with Crippen molar-refractivity contribution in [1.29, 1.82) is 0 Å². The summed E-state index contributed by atoms with van der Waals surface area (Å²) >= 11 is 0. The van der Waals surface area contributed by atoms with Gasteiger partial charge in [-0.3, -0.25) is 4.79 Å². The van der Waals surface area contributed by atoms with E-state index in [2.05, 4.69) is 6.92 Å². The largest absolute Gasteiger partial charge is 0.342 e. The normalized spacial score (nSPS) is 20.2. The van der Waals surface area contributed by atoms with Gasteiger partial charge in [-0.1, -0.05) is 39.0 Å². The van der Waals surface area contributed by atoms with Crippen molar-refractivity contribution in [2.24, 2.45) is 5.92 Å². The van der Waals surface area contributed by atoms with Gasteiger partial charge in [-0.2, -0.15) is 0 Å². The molecule has 1 aliphatic heterocycles. The number of hydrogen-bond acceptors (Lipinski definition) is 3. The van der Waals surface area contributed by atoms with Gasteiger partial charge in [0.2, 0.25) is 15.0 Å². The first kappa shape index (κ1) is 16.8. The summed E-state index contributed by atoms with van der Waals surface area (Å²) in [7, 11) is 1.73. The minimum absolute atomic E-state index is 0.0684. The number of nitrogens with zero attached hydrogens (tertiary/aromatic N) is 1. The van der Waals surface area contributed by atoms with Gasteiger partial charge in [0.25, 0.3) is 0 Å². The maximum atomic E-state index is 11.7. The molecule has 0 bridgehead atoms. The van der Waals surface area contributed by atoms with E-state index < -0.39 is 9.05 Å². The van der Waals surface area contributed by atoms with Gasteiger partial charge in [0.15, 0.2) is 0 Å². The first-order valence-electron chi connectivity index (χ1n) is 7.12. The molecule has 19 heavy (non-hydrogen) atoms. The fourth-order valence-corrected chi connectivity index (χ4v) is 3.87. The molecular weight excluding hydrogens is 286 g/mol. The summed E-state index contributed by atoms with van der Waals surface area (Å²) in [5, 5.41) is 0. The monoisotopic (exact) mass is 309 g/mol. The lowest BCUT2D eigenvalue weighted by Gasteiger charge is -2.16. The Morgan fingerprint density at radius 2 is 1.84 bits per heavy atom. The van der Waals surface area contributed by atoms with Crippen LogP contribution >= 0.6 is 10.7 Å². The standard InChI is InChI=1S/C13H24ClNO3S/c1-2-3-4-5-6-7-8-15-10-12(9-13(15)16)11-19(14,17)18/h12H,2-11H2,1H3. The molecular formula is C13H24ClNO3S. The maximum Gasteiger partial charge on any atom is 0.232 e. The third-order valence-electron chi connectivity index (χ3n) is 3.51. The van der Waals surface area contributed by atoms with Gasteiger partial charge >= 0.3 is 0 Å². The van der Waals surface area contributed by atoms with Crippen molar-refractivity contribution in [3.8, 4) is 0 Å². The Hall–Kier alpha value is -0.290. The molecule has 0 aromatic heterocycles. The number of carbonyl (C=O) groups excluding carboxylic acids is 1. The van der Waals surface area contributed by atoms with Crippen LogP contribution < -0.4 is 0 Å². The molecule has 1 unspecified atom stereocenters. The van der Waals surface area contributed by atoms with E-state index in [1.165, 1.54) is 25.7 Å². The molecule has 1 amide bonds. The van der Waals surface area contributed by atoms with Gasteiger partial charge in [0, 0.05) is 36.1 Å². The minimum atomic E-state index is -3.50. The van der Waals surface area contributed by atoms with E-state index in [0.29, 0.717) is 13.0 Å². The fraction of sp³-hybridized carbons (Fsp3) is 0.923. The topological polar surface area (TPSA) is 54.5 Å². The Morgan fingerprint density at radius 1 is 1.21 bits per heavy atom. The summed E-state index contributed by atoms with van der Waals surface area (Å²) in [6.45, 7) is 3.48. The van der Waals surface area contributed by atoms with Crippen molar-refractivity contribution in [2.75, 3.05) is 18.8 Å². The van der Waals surface area contributed by atoms with E-state index in [1.807, 2.05) is 0 Å². The van der Waals surface area contributed by atoms with Gasteiger partial charge in [-0.25, -0.2) is 8.42 Å². The highest BCUT2D eigenvalue weighted by atomic mass is 35.7. The van der Waals surface area contributed by atoms with Crippen LogP contribution in [0.3, 0.4) is 0 Å². The summed E-state index contributed by atoms with van der Waals surface area (Å²) < 4.78 is 22.0. The molecule has 1 saturated heterocycles. The highest BCUT2D eigenvalue weighted by Crippen LogP contribution is 2.21. The Morgan fingerprint density at radius 3 is 2.47 bits per heavy atom. The summed E-state index contributed by atoms with van der Waals surface area (Å²) in [6.07, 6.45) is 7.46. The summed E-state index contributed by atoms with van der Waals surface area (Å²) in [6, 6.07) is 0. The van der Waals surface area contributed by atoms with Crippen molar-refractivity contribution >= 4 is 25.6 Å². The summed E-state index contributed by atoms with van der Waals surface area (Å²) in [5.41, 5.74) is 0. The van der Waals surface area contributed by atoms with Crippen LogP contribution in [-0.2, 0) is 13.8 Å². The summed E-state index contributed by atoms with van der Waals surface area (Å²) in [5.74, 6) is -0.151. The molecule has 0 spiro atoms. The van der Waals surface area contributed by atoms with Crippen molar-refractivity contribution in [1.82, 2.24) is 4.90 Å². The molecule has 6 heteroatoms. The van der Waals surface area contributed by atoms with E-state index in [-0.39, 0.29) is 17.6 Å². The zero-order chi connectivity index (χ0) is 14.3. The first-order chi connectivity index (χ1) is 8.92. The number of likely N-dealkylation sites (tertiary alicyclic amines) is 1. The molecule has 0 aliphatic carbocycles. The molecule has 0 N–H and O–H groups in total. The van der Waals surface area contributed by atoms with Crippen LogP contribution in [0.1, 0.15) is 51.9 Å². The number of hydrogen-bond donors (Lipinski definition) is 0. The highest BCUT2D eigenvalue weighted by molar-refractivity contribution is 8.13. The lowest BCUT2D eigenvalue weighted by molar-refractivity contribution is -0.127. The van der Waals surface area contributed by atoms with Crippen LogP contribution in [0.4, 0.5) is 0 Å². The number of amides is 1. The lowest BCUT2D eigenvalue weighted by atomic mass is 10.1. The van der Waals surface area contributed by atoms with E-state index >= 15 is 0 Å². The van der Waals surface area contributed by atoms with Gasteiger partial charge in [-0.05, 0) is 6.42 Å². The van der Waals surface area contributed by atoms with Gasteiger partial charge in [0.05, 0.1) is 5.75 Å². The third kappa shape index (κ3) is 7.16. The average Bonchev–Trinajstić information content (AvgIpc) is 2.61. The first-order valence-corrected chi connectivity index (χ1v) is 9.60. The van der Waals surface area contributed by atoms with Gasteiger partial charge in [-0.15, -0.1) is 0 Å². The molecule has 0 aromatic rings. The van der Waals surface area contributed by atoms with Crippen LogP contribution in [0, 0.1) is 5.92 Å². The second-order valence-corrected chi connectivity index (χ2v) is 8.20. The second-order valence-electron chi connectivity index (χ2n) is 5.38. The smallest absolute Gasteiger partial charge is 0.232 e. The van der Waals surface area contributed by atoms with Crippen LogP contribution in [0.25, 0.3) is 0 Å². The predicted octanol–water partition coefficient (Wildman–Crippen LogP) is 2.76. The average molecular weight is 310 g/mol. The Bertz CT molecular complexity index is 383. The second kappa shape index (κ2) is 8.10. The van der Waals surface area contributed by atoms with E-state index in [1.54, 1.807) is 4.90 Å². The predicted molar refractivity (Wildman–Crippen MR) is 77.7 cm³/mol. The molecule has 1 rings (SSSR count). The van der Waals surface area contributed by atoms with Crippen LogP contribution in [0.2, 0.25) is 0 Å². The molecule has 1 fully saturated rings. The van der Waals surface area contributed by atoms with E-state index in [0.717, 1.165) is 19.4 Å². The highest BCUT2D eigenvalue weighted by Gasteiger charge is 2.31. The van der Waals surface area contributed by atoms with Crippen LogP contribution in [0.15, 0.2) is 0 Å². The maximum absolute atomic E-state index is 11.7. The van der Waals surface area contributed by atoms with Crippen molar-refractivity contribution in [2.45, 2.75) is 51.9 Å². The van der Waals surface area contributed by atoms with Crippen molar-refractivity contribution in [3.63, 3.8) is 0 Å². The Labute approximate surface area is 120 Å². The number of rotatable bonds is 9. The summed E-state index contributed by atoms with van der Waals surface area (Å²) in [4.78, 5) is 13.5. The number of unbranched alkanes of at least 4 members (excludes halogenated alkanes) is 5. The fourth-order valence-electron chi connectivity index (χ4n) is 2.55. The number of carbonyl (C=O) groups is 1. The van der Waals surface area contributed by atoms with Crippen LogP contribution in [0.5, 0.6) is 0 Å². The van der Waals surface area contributed by atoms with E-state index in [4.69, 9.17) is 10.7 Å². The van der Waals surface area contributed by atoms with E-state index in [9.17, 15) is 13.2 Å². The van der Waals surface area contributed by atoms with Crippen molar-refractivity contribution < 1.29 is 13.2 Å². The van der Waals surface area contributed by atoms with Crippen molar-refractivity contribution in [3.05, 3.63) is 0 Å².